The van der Waals surface area contributed by atoms with Crippen LogP contribution in [0.2, 0.25) is 0 Å². The molecule has 0 aliphatic carbocycles. The quantitative estimate of drug-likeness (QED) is 0.687. The van der Waals surface area contributed by atoms with Crippen LogP contribution in [0.4, 0.5) is 0 Å². The highest BCUT2D eigenvalue weighted by molar-refractivity contribution is 7.80. The van der Waals surface area contributed by atoms with Gasteiger partial charge in [0.1, 0.15) is 16.5 Å². The Morgan fingerprint density at radius 3 is 2.84 bits per heavy atom. The summed E-state index contributed by atoms with van der Waals surface area (Å²) in [6.07, 6.45) is 5.55. The van der Waals surface area contributed by atoms with Crippen LogP contribution in [0.15, 0.2) is 30.7 Å². The van der Waals surface area contributed by atoms with Gasteiger partial charge in [-0.1, -0.05) is 12.2 Å². The fourth-order valence-electron chi connectivity index (χ4n) is 1.49. The van der Waals surface area contributed by atoms with Gasteiger partial charge in [0.05, 0.1) is 0 Å². The molecule has 0 saturated heterocycles. The molecule has 2 heterocycles. The molecule has 2 rings (SSSR count). The van der Waals surface area contributed by atoms with Crippen LogP contribution in [0.1, 0.15) is 21.9 Å². The summed E-state index contributed by atoms with van der Waals surface area (Å²) in [5, 5.41) is 2.76. The molecule has 4 N–H and O–H groups in total. The zero-order valence-electron chi connectivity index (χ0n) is 10.1. The molecule has 2 aromatic rings. The second-order valence-electron chi connectivity index (χ2n) is 3.84. The Morgan fingerprint density at radius 2 is 2.26 bits per heavy atom. The summed E-state index contributed by atoms with van der Waals surface area (Å²) in [5.41, 5.74) is 6.43. The van der Waals surface area contributed by atoms with E-state index in [1.807, 2.05) is 0 Å². The molecule has 2 aromatic heterocycles. The number of H-pyrrole nitrogens is 1. The van der Waals surface area contributed by atoms with Crippen LogP contribution >= 0.6 is 12.2 Å². The summed E-state index contributed by atoms with van der Waals surface area (Å²) < 4.78 is 0. The highest BCUT2D eigenvalue weighted by Gasteiger charge is 2.07. The third kappa shape index (κ3) is 3.59. The predicted molar refractivity (Wildman–Crippen MR) is 74.7 cm³/mol. The molecule has 0 fully saturated rings. The number of aromatic amines is 1. The third-order valence-electron chi connectivity index (χ3n) is 2.48. The van der Waals surface area contributed by atoms with Crippen LogP contribution < -0.4 is 11.1 Å². The van der Waals surface area contributed by atoms with E-state index in [1.165, 1.54) is 6.20 Å². The number of carbonyl (C=O) groups is 1. The molecular weight excluding hydrogens is 262 g/mol. The van der Waals surface area contributed by atoms with Crippen molar-refractivity contribution in [1.82, 2.24) is 20.3 Å². The maximum Gasteiger partial charge on any atom is 0.269 e. The molecule has 19 heavy (non-hydrogen) atoms. The lowest BCUT2D eigenvalue weighted by Gasteiger charge is -2.04. The van der Waals surface area contributed by atoms with Gasteiger partial charge in [0.25, 0.3) is 5.91 Å². The summed E-state index contributed by atoms with van der Waals surface area (Å²) in [4.78, 5) is 23.1. The van der Waals surface area contributed by atoms with Gasteiger partial charge in [0.15, 0.2) is 0 Å². The molecule has 0 aromatic carbocycles. The number of nitrogens with two attached hydrogens (primary N) is 1. The molecule has 0 saturated carbocycles. The number of carbonyl (C=O) groups excluding carboxylic acids is 1. The van der Waals surface area contributed by atoms with Gasteiger partial charge >= 0.3 is 0 Å². The van der Waals surface area contributed by atoms with Crippen LogP contribution in [0.5, 0.6) is 0 Å². The van der Waals surface area contributed by atoms with E-state index in [9.17, 15) is 4.79 Å². The Bertz CT molecular complexity index is 564. The smallest absolute Gasteiger partial charge is 0.269 e. The molecule has 0 aliphatic heterocycles. The summed E-state index contributed by atoms with van der Waals surface area (Å²) in [6, 6.07) is 3.27. The van der Waals surface area contributed by atoms with E-state index in [1.54, 1.807) is 24.5 Å². The standard InChI is InChI=1S/C12H13N5OS/c13-11(19)8-1-2-9(17-7-8)12(18)16-4-3-10-14-5-6-15-10/h1-2,5-7H,3-4H2,(H2,13,19)(H,14,15)(H,16,18). The number of imidazole rings is 1. The molecule has 6 nitrogen and oxygen atoms in total. The van der Waals surface area contributed by atoms with Crippen LogP contribution in [0, 0.1) is 0 Å². The lowest BCUT2D eigenvalue weighted by atomic mass is 10.2. The average Bonchev–Trinajstić information content (AvgIpc) is 2.92. The highest BCUT2D eigenvalue weighted by atomic mass is 32.1. The van der Waals surface area contributed by atoms with Crippen LogP contribution in [0.3, 0.4) is 0 Å². The second-order valence-corrected chi connectivity index (χ2v) is 4.28. The molecule has 0 radical (unpaired) electrons. The molecule has 0 unspecified atom stereocenters. The van der Waals surface area contributed by atoms with E-state index in [0.29, 0.717) is 24.2 Å². The minimum absolute atomic E-state index is 0.235. The minimum atomic E-state index is -0.235. The van der Waals surface area contributed by atoms with Crippen LogP contribution in [-0.2, 0) is 6.42 Å². The molecule has 0 atom stereocenters. The van der Waals surface area contributed by atoms with E-state index >= 15 is 0 Å². The Morgan fingerprint density at radius 1 is 1.42 bits per heavy atom. The SMILES string of the molecule is NC(=S)c1ccc(C(=O)NCCc2ncc[nH]2)nc1. The first-order valence-corrected chi connectivity index (χ1v) is 6.10. The van der Waals surface area contributed by atoms with E-state index < -0.39 is 0 Å². The summed E-state index contributed by atoms with van der Waals surface area (Å²) >= 11 is 4.81. The van der Waals surface area contributed by atoms with Gasteiger partial charge in [-0.05, 0) is 12.1 Å². The predicted octanol–water partition coefficient (Wildman–Crippen LogP) is 0.411. The first kappa shape index (κ1) is 13.2. The number of nitrogens with zero attached hydrogens (tertiary/aromatic N) is 2. The average molecular weight is 275 g/mol. The van der Waals surface area contributed by atoms with Crippen LogP contribution in [-0.4, -0.2) is 32.4 Å². The molecule has 7 heteroatoms. The monoisotopic (exact) mass is 275 g/mol. The largest absolute Gasteiger partial charge is 0.389 e. The molecule has 98 valence electrons. The van der Waals surface area contributed by atoms with Crippen molar-refractivity contribution in [2.45, 2.75) is 6.42 Å². The van der Waals surface area contributed by atoms with Crippen molar-refractivity contribution in [3.05, 3.63) is 47.8 Å². The van der Waals surface area contributed by atoms with E-state index in [-0.39, 0.29) is 10.9 Å². The first-order chi connectivity index (χ1) is 9.16. The van der Waals surface area contributed by atoms with Crippen molar-refractivity contribution in [2.24, 2.45) is 5.73 Å². The summed E-state index contributed by atoms with van der Waals surface area (Å²) in [7, 11) is 0. The number of nitrogens with one attached hydrogen (secondary N) is 2. The Labute approximate surface area is 115 Å². The molecule has 0 aliphatic rings. The Kier molecular flexibility index (Phi) is 4.19. The molecule has 0 bridgehead atoms. The van der Waals surface area contributed by atoms with Crippen molar-refractivity contribution in [2.75, 3.05) is 6.54 Å². The topological polar surface area (TPSA) is 96.7 Å². The van der Waals surface area contributed by atoms with Crippen molar-refractivity contribution in [3.8, 4) is 0 Å². The van der Waals surface area contributed by atoms with Gasteiger partial charge < -0.3 is 16.0 Å². The van der Waals surface area contributed by atoms with Gasteiger partial charge in [-0.15, -0.1) is 0 Å². The van der Waals surface area contributed by atoms with Crippen molar-refractivity contribution in [1.29, 1.82) is 0 Å². The third-order valence-corrected chi connectivity index (χ3v) is 2.72. The normalized spacial score (nSPS) is 10.1. The first-order valence-electron chi connectivity index (χ1n) is 5.69. The molecule has 0 spiro atoms. The lowest BCUT2D eigenvalue weighted by Crippen LogP contribution is -2.27. The van der Waals surface area contributed by atoms with Gasteiger partial charge in [-0.25, -0.2) is 4.98 Å². The number of thiocarbonyl (C=S) groups is 1. The second kappa shape index (κ2) is 6.05. The number of rotatable bonds is 5. The Balaban J connectivity index is 1.87. The molecule has 1 amide bonds. The Hall–Kier alpha value is -2.28. The number of hydrogen-bond donors (Lipinski definition) is 3. The van der Waals surface area contributed by atoms with Crippen LogP contribution in [0.25, 0.3) is 0 Å². The number of aromatic nitrogens is 3. The maximum atomic E-state index is 11.8. The number of hydrogen-bond acceptors (Lipinski definition) is 4. The summed E-state index contributed by atoms with van der Waals surface area (Å²) in [6.45, 7) is 0.491. The van der Waals surface area contributed by atoms with E-state index in [0.717, 1.165) is 5.82 Å². The zero-order chi connectivity index (χ0) is 13.7. The minimum Gasteiger partial charge on any atom is -0.389 e. The van der Waals surface area contributed by atoms with Gasteiger partial charge in [0.2, 0.25) is 0 Å². The number of amides is 1. The van der Waals surface area contributed by atoms with Crippen molar-refractivity contribution in [3.63, 3.8) is 0 Å². The maximum absolute atomic E-state index is 11.8. The van der Waals surface area contributed by atoms with Crippen molar-refractivity contribution >= 4 is 23.1 Å². The van der Waals surface area contributed by atoms with Crippen molar-refractivity contribution < 1.29 is 4.79 Å². The fourth-order valence-corrected chi connectivity index (χ4v) is 1.61. The number of pyridine rings is 1. The van der Waals surface area contributed by atoms with E-state index in [2.05, 4.69) is 20.3 Å². The van der Waals surface area contributed by atoms with Gasteiger partial charge in [-0.2, -0.15) is 0 Å². The highest BCUT2D eigenvalue weighted by Crippen LogP contribution is 2.00. The fraction of sp³-hybridized carbons (Fsp3) is 0.167. The van der Waals surface area contributed by atoms with Gasteiger partial charge in [0, 0.05) is 37.1 Å². The van der Waals surface area contributed by atoms with E-state index in [4.69, 9.17) is 18.0 Å². The van der Waals surface area contributed by atoms with Gasteiger partial charge in [-0.3, -0.25) is 9.78 Å². The molecular formula is C12H13N5OS. The summed E-state index contributed by atoms with van der Waals surface area (Å²) in [5.74, 6) is 0.595. The lowest BCUT2D eigenvalue weighted by molar-refractivity contribution is 0.0949. The zero-order valence-corrected chi connectivity index (χ0v) is 10.9.